The standard InChI is InChI=1S/C25H40N2O4/c1-17-9-10-18-19(16-26-11-5-3-6-12-26)23(29)31-22(18)24(2)21(28)15-20(25(17,24)30)27-13-7-4-8-14-27/h17-20,22,30H,3-16H2,1-2H3/t17-,18?,19?,20?,22?,24-,25+/m0/s1. The molecule has 4 unspecified atom stereocenters. The Balaban J connectivity index is 1.46. The molecule has 3 heterocycles. The van der Waals surface area contributed by atoms with Crippen LogP contribution in [0.15, 0.2) is 0 Å². The number of esters is 1. The van der Waals surface area contributed by atoms with Gasteiger partial charge in [0.2, 0.25) is 0 Å². The predicted molar refractivity (Wildman–Crippen MR) is 117 cm³/mol. The largest absolute Gasteiger partial charge is 0.461 e. The van der Waals surface area contributed by atoms with Crippen LogP contribution in [-0.4, -0.2) is 77.1 Å². The zero-order valence-electron chi connectivity index (χ0n) is 19.4. The monoisotopic (exact) mass is 432 g/mol. The molecule has 0 aromatic rings. The van der Waals surface area contributed by atoms with E-state index in [-0.39, 0.29) is 35.5 Å². The molecule has 2 saturated carbocycles. The van der Waals surface area contributed by atoms with Crippen molar-refractivity contribution in [2.45, 2.75) is 89.4 Å². The fourth-order valence-corrected chi connectivity index (χ4v) is 7.85. The summed E-state index contributed by atoms with van der Waals surface area (Å²) in [6.45, 7) is 8.80. The van der Waals surface area contributed by atoms with Gasteiger partial charge in [0, 0.05) is 24.9 Å². The maximum Gasteiger partial charge on any atom is 0.310 e. The number of likely N-dealkylation sites (tertiary alicyclic amines) is 2. The normalized spacial score (nSPS) is 47.0. The minimum atomic E-state index is -1.14. The fraction of sp³-hybridized carbons (Fsp3) is 0.920. The summed E-state index contributed by atoms with van der Waals surface area (Å²) < 4.78 is 6.07. The van der Waals surface area contributed by atoms with Crippen LogP contribution in [-0.2, 0) is 14.3 Å². The number of carbonyl (C=O) groups is 2. The Morgan fingerprint density at radius 3 is 2.32 bits per heavy atom. The zero-order chi connectivity index (χ0) is 21.8. The number of carbonyl (C=O) groups excluding carboxylic acids is 2. The van der Waals surface area contributed by atoms with Crippen molar-refractivity contribution in [2.75, 3.05) is 32.7 Å². The second-order valence-electron chi connectivity index (χ2n) is 11.2. The topological polar surface area (TPSA) is 70.1 Å². The van der Waals surface area contributed by atoms with Gasteiger partial charge in [0.15, 0.2) is 0 Å². The fourth-order valence-electron chi connectivity index (χ4n) is 7.85. The minimum absolute atomic E-state index is 0.0100. The third-order valence-electron chi connectivity index (χ3n) is 9.74. The Hall–Kier alpha value is -0.980. The van der Waals surface area contributed by atoms with E-state index in [1.807, 2.05) is 6.92 Å². The van der Waals surface area contributed by atoms with Crippen molar-refractivity contribution in [1.29, 1.82) is 0 Å². The Labute approximate surface area is 186 Å². The van der Waals surface area contributed by atoms with Gasteiger partial charge in [-0.3, -0.25) is 14.5 Å². The van der Waals surface area contributed by atoms with Crippen molar-refractivity contribution in [2.24, 2.45) is 23.2 Å². The van der Waals surface area contributed by atoms with Crippen molar-refractivity contribution in [1.82, 2.24) is 9.80 Å². The second kappa shape index (κ2) is 8.11. The number of ether oxygens (including phenoxy) is 1. The Bertz CT molecular complexity index is 716. The van der Waals surface area contributed by atoms with E-state index >= 15 is 0 Å². The molecule has 0 aromatic carbocycles. The smallest absolute Gasteiger partial charge is 0.310 e. The second-order valence-corrected chi connectivity index (χ2v) is 11.2. The molecule has 31 heavy (non-hydrogen) atoms. The molecule has 5 fully saturated rings. The summed E-state index contributed by atoms with van der Waals surface area (Å²) in [5.41, 5.74) is -2.15. The lowest BCUT2D eigenvalue weighted by atomic mass is 9.63. The maximum atomic E-state index is 13.6. The summed E-state index contributed by atoms with van der Waals surface area (Å²) in [7, 11) is 0. The molecule has 5 rings (SSSR count). The van der Waals surface area contributed by atoms with E-state index in [2.05, 4.69) is 16.7 Å². The molecular formula is C25H40N2O4. The lowest BCUT2D eigenvalue weighted by molar-refractivity contribution is -0.182. The average molecular weight is 433 g/mol. The van der Waals surface area contributed by atoms with Gasteiger partial charge in [0.1, 0.15) is 11.9 Å². The molecule has 0 bridgehead atoms. The number of hydrogen-bond donors (Lipinski definition) is 1. The molecule has 6 heteroatoms. The van der Waals surface area contributed by atoms with Crippen molar-refractivity contribution in [3.8, 4) is 0 Å². The molecule has 0 spiro atoms. The van der Waals surface area contributed by atoms with Gasteiger partial charge in [-0.2, -0.15) is 0 Å². The van der Waals surface area contributed by atoms with Gasteiger partial charge in [-0.15, -0.1) is 0 Å². The predicted octanol–water partition coefficient (Wildman–Crippen LogP) is 2.62. The molecule has 3 aliphatic heterocycles. The highest BCUT2D eigenvalue weighted by molar-refractivity contribution is 5.92. The molecular weight excluding hydrogens is 392 g/mol. The SMILES string of the molecule is C[C@H]1CCC2C(CN3CCCCC3)C(=O)OC2[C@]2(C)C(=O)CC(N3CCCCC3)[C@]12O. The van der Waals surface area contributed by atoms with Gasteiger partial charge in [-0.05, 0) is 77.5 Å². The van der Waals surface area contributed by atoms with Crippen molar-refractivity contribution < 1.29 is 19.4 Å². The number of hydrogen-bond acceptors (Lipinski definition) is 6. The highest BCUT2D eigenvalue weighted by Gasteiger charge is 2.73. The van der Waals surface area contributed by atoms with Crippen LogP contribution in [0.4, 0.5) is 0 Å². The number of rotatable bonds is 3. The maximum absolute atomic E-state index is 13.6. The first-order chi connectivity index (χ1) is 14.9. The van der Waals surface area contributed by atoms with Gasteiger partial charge < -0.3 is 14.7 Å². The van der Waals surface area contributed by atoms with Crippen LogP contribution < -0.4 is 0 Å². The third kappa shape index (κ3) is 3.23. The first kappa shape index (κ1) is 21.8. The van der Waals surface area contributed by atoms with E-state index in [0.29, 0.717) is 6.42 Å². The summed E-state index contributed by atoms with van der Waals surface area (Å²) >= 11 is 0. The summed E-state index contributed by atoms with van der Waals surface area (Å²) in [6.07, 6.45) is 8.74. The Morgan fingerprint density at radius 1 is 1.00 bits per heavy atom. The van der Waals surface area contributed by atoms with E-state index in [1.165, 1.54) is 25.7 Å². The number of piperidine rings is 2. The van der Waals surface area contributed by atoms with Gasteiger partial charge in [0.25, 0.3) is 0 Å². The molecule has 2 aliphatic carbocycles. The first-order valence-corrected chi connectivity index (χ1v) is 12.8. The molecule has 7 atom stereocenters. The van der Waals surface area contributed by atoms with Crippen LogP contribution in [0.5, 0.6) is 0 Å². The number of ketones is 1. The lowest BCUT2D eigenvalue weighted by Crippen LogP contribution is -2.64. The van der Waals surface area contributed by atoms with Gasteiger partial charge in [0.05, 0.1) is 16.9 Å². The first-order valence-electron chi connectivity index (χ1n) is 12.8. The Kier molecular flexibility index (Phi) is 5.71. The average Bonchev–Trinajstić information content (AvgIpc) is 3.18. The number of aliphatic hydroxyl groups is 1. The van der Waals surface area contributed by atoms with Crippen molar-refractivity contribution in [3.05, 3.63) is 0 Å². The van der Waals surface area contributed by atoms with E-state index < -0.39 is 17.1 Å². The number of nitrogens with zero attached hydrogens (tertiary/aromatic N) is 2. The molecule has 1 N–H and O–H groups in total. The highest BCUT2D eigenvalue weighted by atomic mass is 16.6. The molecule has 174 valence electrons. The van der Waals surface area contributed by atoms with Gasteiger partial charge in [-0.1, -0.05) is 19.8 Å². The van der Waals surface area contributed by atoms with E-state index in [0.717, 1.165) is 58.4 Å². The Morgan fingerprint density at radius 2 is 1.65 bits per heavy atom. The van der Waals surface area contributed by atoms with Crippen LogP contribution in [0.2, 0.25) is 0 Å². The van der Waals surface area contributed by atoms with Crippen LogP contribution in [0.3, 0.4) is 0 Å². The van der Waals surface area contributed by atoms with Crippen molar-refractivity contribution in [3.63, 3.8) is 0 Å². The minimum Gasteiger partial charge on any atom is -0.461 e. The molecule has 0 amide bonds. The molecule has 0 aromatic heterocycles. The van der Waals surface area contributed by atoms with Crippen LogP contribution in [0, 0.1) is 23.2 Å². The lowest BCUT2D eigenvalue weighted by Gasteiger charge is -2.49. The number of Topliss-reactive ketones (excluding diaryl/α,β-unsaturated/α-hetero) is 1. The quantitative estimate of drug-likeness (QED) is 0.692. The highest BCUT2D eigenvalue weighted by Crippen LogP contribution is 2.60. The molecule has 3 saturated heterocycles. The van der Waals surface area contributed by atoms with E-state index in [4.69, 9.17) is 4.74 Å². The zero-order valence-corrected chi connectivity index (χ0v) is 19.4. The summed E-state index contributed by atoms with van der Waals surface area (Å²) in [5, 5.41) is 12.4. The summed E-state index contributed by atoms with van der Waals surface area (Å²) in [4.78, 5) is 31.5. The summed E-state index contributed by atoms with van der Waals surface area (Å²) in [5.74, 6) is -0.180. The van der Waals surface area contributed by atoms with Crippen LogP contribution in [0.25, 0.3) is 0 Å². The number of fused-ring (bicyclic) bond motifs is 3. The summed E-state index contributed by atoms with van der Waals surface area (Å²) in [6, 6.07) is -0.154. The third-order valence-corrected chi connectivity index (χ3v) is 9.74. The van der Waals surface area contributed by atoms with Crippen LogP contribution in [0.1, 0.15) is 71.6 Å². The van der Waals surface area contributed by atoms with Crippen LogP contribution >= 0.6 is 0 Å². The van der Waals surface area contributed by atoms with Gasteiger partial charge >= 0.3 is 5.97 Å². The van der Waals surface area contributed by atoms with E-state index in [9.17, 15) is 14.7 Å². The van der Waals surface area contributed by atoms with Gasteiger partial charge in [-0.25, -0.2) is 0 Å². The molecule has 5 aliphatic rings. The molecule has 6 nitrogen and oxygen atoms in total. The van der Waals surface area contributed by atoms with E-state index in [1.54, 1.807) is 0 Å². The van der Waals surface area contributed by atoms with Crippen molar-refractivity contribution >= 4 is 11.8 Å². The molecule has 0 radical (unpaired) electrons.